The van der Waals surface area contributed by atoms with Crippen molar-refractivity contribution < 1.29 is 27.8 Å². The number of β-amino-alcohol motifs (C(OH)–C–C–N with tert-alkyl or cyclic N) is 1. The zero-order valence-corrected chi connectivity index (χ0v) is 19.7. The Hall–Kier alpha value is -1.89. The first-order valence-corrected chi connectivity index (χ1v) is 11.3. The average Bonchev–Trinajstić information content (AvgIpc) is 2.73. The Kier molecular flexibility index (Phi) is 8.37. The van der Waals surface area contributed by atoms with Crippen LogP contribution in [0.2, 0.25) is 0 Å². The van der Waals surface area contributed by atoms with Gasteiger partial charge in [0.2, 0.25) is 0 Å². The highest BCUT2D eigenvalue weighted by atomic mass is 127. The van der Waals surface area contributed by atoms with Gasteiger partial charge in [0.05, 0.1) is 36.6 Å². The fourth-order valence-corrected chi connectivity index (χ4v) is 3.83. The summed E-state index contributed by atoms with van der Waals surface area (Å²) in [7, 11) is 0. The number of likely N-dealkylation sites (tertiary alicyclic amines) is 1. The van der Waals surface area contributed by atoms with E-state index in [9.17, 15) is 23.1 Å². The number of benzene rings is 2. The minimum atomic E-state index is -1.28. The molecule has 1 aliphatic heterocycles. The first kappa shape index (κ1) is 24.7. The van der Waals surface area contributed by atoms with E-state index in [2.05, 4.69) is 10.6 Å². The average molecular weight is 563 g/mol. The van der Waals surface area contributed by atoms with Crippen molar-refractivity contribution in [3.63, 3.8) is 0 Å². The molecular formula is C22H25F3IN3O3. The smallest absolute Gasteiger partial charge is 0.256 e. The molecule has 0 atom stereocenters. The third kappa shape index (κ3) is 5.91. The number of nitrogens with zero attached hydrogens (tertiary/aromatic N) is 1. The molecule has 10 heteroatoms. The van der Waals surface area contributed by atoms with Crippen molar-refractivity contribution >= 4 is 39.9 Å². The number of nitrogens with one attached hydrogen (secondary N) is 2. The number of anilines is 2. The van der Waals surface area contributed by atoms with E-state index in [0.717, 1.165) is 18.6 Å². The molecule has 1 aliphatic rings. The Morgan fingerprint density at radius 3 is 2.62 bits per heavy atom. The number of halogens is 4. The second-order valence-electron chi connectivity index (χ2n) is 7.71. The molecule has 0 aromatic heterocycles. The van der Waals surface area contributed by atoms with E-state index in [-0.39, 0.29) is 30.9 Å². The predicted molar refractivity (Wildman–Crippen MR) is 124 cm³/mol. The van der Waals surface area contributed by atoms with Crippen LogP contribution in [0.15, 0.2) is 30.3 Å². The number of hydrogen-bond acceptors (Lipinski definition) is 5. The van der Waals surface area contributed by atoms with Crippen LogP contribution in [0.25, 0.3) is 0 Å². The van der Waals surface area contributed by atoms with Gasteiger partial charge >= 0.3 is 0 Å². The molecule has 1 saturated heterocycles. The maximum absolute atomic E-state index is 14.5. The van der Waals surface area contributed by atoms with Gasteiger partial charge in [-0.05, 0) is 59.3 Å². The minimum Gasteiger partial charge on any atom is -0.385 e. The third-order valence-electron chi connectivity index (χ3n) is 5.00. The molecular weight excluding hydrogens is 538 g/mol. The van der Waals surface area contributed by atoms with Crippen molar-refractivity contribution in [2.45, 2.75) is 18.9 Å². The molecule has 6 nitrogen and oxygen atoms in total. The summed E-state index contributed by atoms with van der Waals surface area (Å²) in [5, 5.41) is 16.1. The molecule has 3 N–H and O–H groups in total. The van der Waals surface area contributed by atoms with E-state index in [1.807, 2.05) is 29.5 Å². The molecule has 0 saturated carbocycles. The van der Waals surface area contributed by atoms with Crippen LogP contribution in [-0.2, 0) is 4.74 Å². The number of rotatable bonds is 10. The molecule has 1 amide bonds. The van der Waals surface area contributed by atoms with Crippen LogP contribution in [0.1, 0.15) is 23.7 Å². The molecule has 1 heterocycles. The lowest BCUT2D eigenvalue weighted by atomic mass is 9.92. The minimum absolute atomic E-state index is 0.0327. The topological polar surface area (TPSA) is 73.8 Å². The van der Waals surface area contributed by atoms with Crippen molar-refractivity contribution in [1.29, 1.82) is 0 Å². The van der Waals surface area contributed by atoms with Crippen LogP contribution >= 0.6 is 22.6 Å². The van der Waals surface area contributed by atoms with Crippen molar-refractivity contribution in [3.05, 3.63) is 56.9 Å². The Morgan fingerprint density at radius 1 is 1.19 bits per heavy atom. The van der Waals surface area contributed by atoms with Gasteiger partial charge in [-0.25, -0.2) is 13.2 Å². The van der Waals surface area contributed by atoms with Crippen LogP contribution < -0.4 is 10.6 Å². The number of aliphatic hydroxyl groups is 1. The van der Waals surface area contributed by atoms with Gasteiger partial charge in [0.1, 0.15) is 11.4 Å². The van der Waals surface area contributed by atoms with Gasteiger partial charge in [0, 0.05) is 23.3 Å². The van der Waals surface area contributed by atoms with Gasteiger partial charge < -0.3 is 25.4 Å². The molecule has 1 fully saturated rings. The van der Waals surface area contributed by atoms with Crippen LogP contribution in [0.3, 0.4) is 0 Å². The SMILES string of the molecule is CCCOCCNCC1(O)CN(C(=O)c2ccc(F)c(F)c2Nc2ccc(I)cc2F)C1. The normalized spacial score (nSPS) is 14.9. The van der Waals surface area contributed by atoms with Crippen LogP contribution in [-0.4, -0.2) is 60.9 Å². The molecule has 0 aliphatic carbocycles. The first-order chi connectivity index (χ1) is 15.2. The summed E-state index contributed by atoms with van der Waals surface area (Å²) in [4.78, 5) is 14.3. The Bertz CT molecular complexity index is 971. The van der Waals surface area contributed by atoms with E-state index in [1.165, 1.54) is 17.0 Å². The van der Waals surface area contributed by atoms with Gasteiger partial charge in [-0.1, -0.05) is 6.92 Å². The first-order valence-electron chi connectivity index (χ1n) is 10.2. The predicted octanol–water partition coefficient (Wildman–Crippen LogP) is 3.66. The molecule has 0 bridgehead atoms. The Morgan fingerprint density at radius 2 is 1.94 bits per heavy atom. The van der Waals surface area contributed by atoms with Crippen LogP contribution in [0.4, 0.5) is 24.5 Å². The fourth-order valence-electron chi connectivity index (χ4n) is 3.38. The lowest BCUT2D eigenvalue weighted by Crippen LogP contribution is -2.67. The zero-order chi connectivity index (χ0) is 23.3. The van der Waals surface area contributed by atoms with E-state index >= 15 is 0 Å². The van der Waals surface area contributed by atoms with E-state index in [1.54, 1.807) is 6.07 Å². The highest BCUT2D eigenvalue weighted by Crippen LogP contribution is 2.31. The lowest BCUT2D eigenvalue weighted by molar-refractivity contribution is -0.0789. The molecule has 0 unspecified atom stereocenters. The second-order valence-corrected chi connectivity index (χ2v) is 8.95. The number of ether oxygens (including phenoxy) is 1. The summed E-state index contributed by atoms with van der Waals surface area (Å²) in [6.45, 7) is 4.10. The van der Waals surface area contributed by atoms with Gasteiger partial charge in [-0.3, -0.25) is 4.79 Å². The highest BCUT2D eigenvalue weighted by Gasteiger charge is 2.44. The lowest BCUT2D eigenvalue weighted by Gasteiger charge is -2.46. The number of carbonyl (C=O) groups is 1. The maximum atomic E-state index is 14.5. The Labute approximate surface area is 198 Å². The highest BCUT2D eigenvalue weighted by molar-refractivity contribution is 14.1. The summed E-state index contributed by atoms with van der Waals surface area (Å²) < 4.78 is 48.6. The van der Waals surface area contributed by atoms with Crippen LogP contribution in [0, 0.1) is 21.0 Å². The standard InChI is InChI=1S/C22H25F3IN3O3/c1-2-8-32-9-7-27-11-22(31)12-29(13-22)21(30)15-4-5-16(23)19(25)20(15)28-18-6-3-14(26)10-17(18)24/h3-6,10,27-28,31H,2,7-9,11-13H2,1H3. The molecule has 32 heavy (non-hydrogen) atoms. The van der Waals surface area contributed by atoms with Crippen LogP contribution in [0.5, 0.6) is 0 Å². The van der Waals surface area contributed by atoms with E-state index in [4.69, 9.17) is 4.74 Å². The molecule has 2 aromatic rings. The summed E-state index contributed by atoms with van der Waals surface area (Å²) in [5.74, 6) is -3.69. The summed E-state index contributed by atoms with van der Waals surface area (Å²) in [6.07, 6.45) is 0.929. The second kappa shape index (κ2) is 10.8. The molecule has 2 aromatic carbocycles. The summed E-state index contributed by atoms with van der Waals surface area (Å²) in [5.41, 5.74) is -1.80. The Balaban J connectivity index is 1.67. The van der Waals surface area contributed by atoms with E-state index in [0.29, 0.717) is 23.3 Å². The van der Waals surface area contributed by atoms with Crippen molar-refractivity contribution in [1.82, 2.24) is 10.2 Å². The largest absolute Gasteiger partial charge is 0.385 e. The zero-order valence-electron chi connectivity index (χ0n) is 17.6. The number of carbonyl (C=O) groups excluding carboxylic acids is 1. The maximum Gasteiger partial charge on any atom is 0.256 e. The molecule has 0 radical (unpaired) electrons. The van der Waals surface area contributed by atoms with Gasteiger partial charge in [0.15, 0.2) is 11.6 Å². The number of amides is 1. The third-order valence-corrected chi connectivity index (χ3v) is 5.67. The fraction of sp³-hybridized carbons (Fsp3) is 0.409. The monoisotopic (exact) mass is 563 g/mol. The number of hydrogen-bond donors (Lipinski definition) is 3. The molecule has 3 rings (SSSR count). The van der Waals surface area contributed by atoms with Gasteiger partial charge in [-0.2, -0.15) is 0 Å². The quantitative estimate of drug-likeness (QED) is 0.304. The van der Waals surface area contributed by atoms with Gasteiger partial charge in [-0.15, -0.1) is 0 Å². The van der Waals surface area contributed by atoms with Gasteiger partial charge in [0.25, 0.3) is 5.91 Å². The van der Waals surface area contributed by atoms with E-state index < -0.39 is 34.6 Å². The summed E-state index contributed by atoms with van der Waals surface area (Å²) >= 11 is 1.93. The molecule has 174 valence electrons. The van der Waals surface area contributed by atoms with Crippen molar-refractivity contribution in [3.8, 4) is 0 Å². The summed E-state index contributed by atoms with van der Waals surface area (Å²) in [6, 6.07) is 6.21. The van der Waals surface area contributed by atoms with Crippen molar-refractivity contribution in [2.24, 2.45) is 0 Å². The molecule has 0 spiro atoms. The van der Waals surface area contributed by atoms with Crippen molar-refractivity contribution in [2.75, 3.05) is 44.7 Å².